The van der Waals surface area contributed by atoms with Gasteiger partial charge in [-0.05, 0) is 25.0 Å². The lowest BCUT2D eigenvalue weighted by molar-refractivity contribution is 0.500. The van der Waals surface area contributed by atoms with Gasteiger partial charge in [-0.15, -0.1) is 0 Å². The summed E-state index contributed by atoms with van der Waals surface area (Å²) < 4.78 is 26.3. The van der Waals surface area contributed by atoms with Crippen LogP contribution in [0.5, 0.6) is 0 Å². The number of anilines is 1. The van der Waals surface area contributed by atoms with Crippen LogP contribution in [-0.2, 0) is 10.0 Å². The fourth-order valence-electron chi connectivity index (χ4n) is 3.12. The highest BCUT2D eigenvalue weighted by atomic mass is 32.2. The van der Waals surface area contributed by atoms with Crippen LogP contribution in [-0.4, -0.2) is 20.7 Å². The van der Waals surface area contributed by atoms with Gasteiger partial charge in [0.05, 0.1) is 11.9 Å². The van der Waals surface area contributed by atoms with Gasteiger partial charge in [0, 0.05) is 6.04 Å². The van der Waals surface area contributed by atoms with Crippen molar-refractivity contribution in [2.45, 2.75) is 77.7 Å². The summed E-state index contributed by atoms with van der Waals surface area (Å²) in [7, 11) is -3.26. The van der Waals surface area contributed by atoms with Crippen molar-refractivity contribution in [1.29, 1.82) is 0 Å². The van der Waals surface area contributed by atoms with Crippen LogP contribution in [0.25, 0.3) is 0 Å². The number of unbranched alkanes of at least 4 members (excludes halogenated alkanes) is 5. The minimum absolute atomic E-state index is 0.0728. The van der Waals surface area contributed by atoms with Crippen molar-refractivity contribution in [3.63, 3.8) is 0 Å². The first-order valence-corrected chi connectivity index (χ1v) is 10.9. The molecule has 0 N–H and O–H groups in total. The zero-order valence-corrected chi connectivity index (χ0v) is 15.8. The van der Waals surface area contributed by atoms with Crippen molar-refractivity contribution in [3.05, 3.63) is 30.3 Å². The van der Waals surface area contributed by atoms with E-state index in [0.29, 0.717) is 0 Å². The molecule has 0 spiro atoms. The Kier molecular flexibility index (Phi) is 9.30. The Bertz CT molecular complexity index is 513. The molecule has 0 aliphatic carbocycles. The van der Waals surface area contributed by atoms with E-state index in [0.717, 1.165) is 31.4 Å². The van der Waals surface area contributed by atoms with Gasteiger partial charge >= 0.3 is 0 Å². The molecule has 0 bridgehead atoms. The van der Waals surface area contributed by atoms with Gasteiger partial charge in [0.2, 0.25) is 10.0 Å². The standard InChI is InChI=1S/C19H33NO2S/c1-4-6-7-8-9-11-15-18(14-5-2)20(23(3,21)22)19-16-12-10-13-17-19/h10,12-13,16-18H,4-9,11,14-15H2,1-3H3. The Morgan fingerprint density at radius 2 is 1.48 bits per heavy atom. The van der Waals surface area contributed by atoms with Gasteiger partial charge in [0.1, 0.15) is 0 Å². The van der Waals surface area contributed by atoms with E-state index in [9.17, 15) is 8.42 Å². The second-order valence-electron chi connectivity index (χ2n) is 6.39. The first-order chi connectivity index (χ1) is 11.0. The molecule has 1 unspecified atom stereocenters. The van der Waals surface area contributed by atoms with Gasteiger partial charge in [-0.25, -0.2) is 8.42 Å². The Hall–Kier alpha value is -1.03. The molecule has 3 nitrogen and oxygen atoms in total. The van der Waals surface area contributed by atoms with E-state index in [1.165, 1.54) is 38.4 Å². The number of hydrogen-bond donors (Lipinski definition) is 0. The van der Waals surface area contributed by atoms with Crippen LogP contribution < -0.4 is 4.31 Å². The summed E-state index contributed by atoms with van der Waals surface area (Å²) >= 11 is 0. The lowest BCUT2D eigenvalue weighted by Crippen LogP contribution is -2.39. The fraction of sp³-hybridized carbons (Fsp3) is 0.684. The minimum Gasteiger partial charge on any atom is -0.267 e. The van der Waals surface area contributed by atoms with Crippen LogP contribution in [0, 0.1) is 0 Å². The Labute approximate surface area is 143 Å². The van der Waals surface area contributed by atoms with Crippen molar-refractivity contribution in [3.8, 4) is 0 Å². The average molecular weight is 340 g/mol. The highest BCUT2D eigenvalue weighted by Gasteiger charge is 2.25. The average Bonchev–Trinajstić information content (AvgIpc) is 2.50. The zero-order valence-electron chi connectivity index (χ0n) is 15.0. The molecule has 0 aliphatic rings. The summed E-state index contributed by atoms with van der Waals surface area (Å²) in [6.45, 7) is 4.35. The molecule has 0 radical (unpaired) electrons. The molecule has 0 aliphatic heterocycles. The third-order valence-corrected chi connectivity index (χ3v) is 5.44. The van der Waals surface area contributed by atoms with Gasteiger partial charge in [-0.1, -0.05) is 77.0 Å². The van der Waals surface area contributed by atoms with Crippen LogP contribution >= 0.6 is 0 Å². The topological polar surface area (TPSA) is 37.4 Å². The largest absolute Gasteiger partial charge is 0.267 e. The molecule has 23 heavy (non-hydrogen) atoms. The smallest absolute Gasteiger partial charge is 0.232 e. The SMILES string of the molecule is CCCCCCCCC(CCC)N(c1ccccc1)S(C)(=O)=O. The molecule has 1 aromatic rings. The van der Waals surface area contributed by atoms with E-state index in [1.807, 2.05) is 30.3 Å². The zero-order chi connectivity index (χ0) is 17.1. The van der Waals surface area contributed by atoms with Crippen LogP contribution in [0.2, 0.25) is 0 Å². The second-order valence-corrected chi connectivity index (χ2v) is 8.25. The van der Waals surface area contributed by atoms with Crippen molar-refractivity contribution in [2.24, 2.45) is 0 Å². The molecule has 0 aromatic heterocycles. The third kappa shape index (κ3) is 7.38. The molecule has 0 heterocycles. The highest BCUT2D eigenvalue weighted by molar-refractivity contribution is 7.92. The predicted octanol–water partition coefficient (Wildman–Crippen LogP) is 5.37. The molecule has 1 aromatic carbocycles. The Morgan fingerprint density at radius 1 is 0.870 bits per heavy atom. The summed E-state index contributed by atoms with van der Waals surface area (Å²) in [5, 5.41) is 0. The van der Waals surface area contributed by atoms with Crippen molar-refractivity contribution in [2.75, 3.05) is 10.6 Å². The molecule has 0 saturated carbocycles. The number of benzene rings is 1. The van der Waals surface area contributed by atoms with Crippen LogP contribution in [0.15, 0.2) is 30.3 Å². The molecule has 1 atom stereocenters. The monoisotopic (exact) mass is 339 g/mol. The van der Waals surface area contributed by atoms with Crippen LogP contribution in [0.4, 0.5) is 5.69 Å². The molecular weight excluding hydrogens is 306 g/mol. The molecule has 1 rings (SSSR count). The van der Waals surface area contributed by atoms with E-state index < -0.39 is 10.0 Å². The molecule has 0 saturated heterocycles. The maximum Gasteiger partial charge on any atom is 0.232 e. The van der Waals surface area contributed by atoms with E-state index in [4.69, 9.17) is 0 Å². The van der Waals surface area contributed by atoms with Gasteiger partial charge in [-0.2, -0.15) is 0 Å². The van der Waals surface area contributed by atoms with Crippen molar-refractivity contribution >= 4 is 15.7 Å². The predicted molar refractivity (Wildman–Crippen MR) is 100 cm³/mol. The van der Waals surface area contributed by atoms with Gasteiger partial charge < -0.3 is 0 Å². The number of hydrogen-bond acceptors (Lipinski definition) is 2. The van der Waals surface area contributed by atoms with Gasteiger partial charge in [-0.3, -0.25) is 4.31 Å². The lowest BCUT2D eigenvalue weighted by Gasteiger charge is -2.31. The van der Waals surface area contributed by atoms with E-state index in [-0.39, 0.29) is 6.04 Å². The van der Waals surface area contributed by atoms with E-state index in [2.05, 4.69) is 13.8 Å². The maximum atomic E-state index is 12.3. The first-order valence-electron chi connectivity index (χ1n) is 9.05. The Morgan fingerprint density at radius 3 is 2.04 bits per heavy atom. The summed E-state index contributed by atoms with van der Waals surface area (Å²) in [6, 6.07) is 9.59. The first kappa shape index (κ1) is 20.0. The fourth-order valence-corrected chi connectivity index (χ4v) is 4.38. The Balaban J connectivity index is 2.74. The summed E-state index contributed by atoms with van der Waals surface area (Å²) in [5.74, 6) is 0. The third-order valence-electron chi connectivity index (χ3n) is 4.21. The lowest BCUT2D eigenvalue weighted by atomic mass is 10.0. The van der Waals surface area contributed by atoms with Gasteiger partial charge in [0.25, 0.3) is 0 Å². The van der Waals surface area contributed by atoms with Crippen molar-refractivity contribution in [1.82, 2.24) is 0 Å². The highest BCUT2D eigenvalue weighted by Crippen LogP contribution is 2.26. The molecule has 4 heteroatoms. The minimum atomic E-state index is -3.26. The summed E-state index contributed by atoms with van der Waals surface area (Å²) in [5.41, 5.74) is 0.791. The normalized spacial score (nSPS) is 13.0. The number of nitrogens with zero attached hydrogens (tertiary/aromatic N) is 1. The molecule has 0 amide bonds. The van der Waals surface area contributed by atoms with Crippen molar-refractivity contribution < 1.29 is 8.42 Å². The maximum absolute atomic E-state index is 12.3. The molecule has 0 fully saturated rings. The van der Waals surface area contributed by atoms with Crippen LogP contribution in [0.3, 0.4) is 0 Å². The number of sulfonamides is 1. The second kappa shape index (κ2) is 10.7. The summed E-state index contributed by atoms with van der Waals surface area (Å²) in [4.78, 5) is 0. The molecule has 132 valence electrons. The van der Waals surface area contributed by atoms with Crippen LogP contribution in [0.1, 0.15) is 71.6 Å². The number of para-hydroxylation sites is 1. The van der Waals surface area contributed by atoms with E-state index in [1.54, 1.807) is 4.31 Å². The number of rotatable bonds is 12. The summed E-state index contributed by atoms with van der Waals surface area (Å²) in [6.07, 6.45) is 11.6. The quantitative estimate of drug-likeness (QED) is 0.480. The van der Waals surface area contributed by atoms with Gasteiger partial charge in [0.15, 0.2) is 0 Å². The molecular formula is C19H33NO2S. The van der Waals surface area contributed by atoms with E-state index >= 15 is 0 Å².